The number of hydrogen-bond donors (Lipinski definition) is 2. The zero-order valence-corrected chi connectivity index (χ0v) is 10.6. The molecule has 0 spiro atoms. The number of carbonyl (C=O) groups excluding carboxylic acids is 2. The van der Waals surface area contributed by atoms with Gasteiger partial charge >= 0.3 is 0 Å². The van der Waals surface area contributed by atoms with Crippen LogP contribution >= 0.6 is 0 Å². The van der Waals surface area contributed by atoms with Crippen LogP contribution in [0, 0.1) is 5.82 Å². The van der Waals surface area contributed by atoms with Gasteiger partial charge in [0.15, 0.2) is 11.5 Å². The number of benzene rings is 1. The molecule has 0 aliphatic heterocycles. The minimum atomic E-state index is -0.835. The van der Waals surface area contributed by atoms with Crippen molar-refractivity contribution in [3.8, 4) is 0 Å². The van der Waals surface area contributed by atoms with E-state index >= 15 is 0 Å². The monoisotopic (exact) mass is 272 g/mol. The van der Waals surface area contributed by atoms with Crippen LogP contribution in [-0.4, -0.2) is 29.6 Å². The lowest BCUT2D eigenvalue weighted by molar-refractivity contribution is 0.0996. The zero-order valence-electron chi connectivity index (χ0n) is 10.6. The first kappa shape index (κ1) is 13.7. The molecule has 0 unspecified atom stereocenters. The van der Waals surface area contributed by atoms with E-state index in [0.717, 1.165) is 5.46 Å². The Bertz CT molecular complexity index is 693. The van der Waals surface area contributed by atoms with Crippen LogP contribution < -0.4 is 16.5 Å². The summed E-state index contributed by atoms with van der Waals surface area (Å²) < 4.78 is 13.6. The fourth-order valence-corrected chi connectivity index (χ4v) is 1.60. The van der Waals surface area contributed by atoms with E-state index in [1.165, 1.54) is 24.5 Å². The van der Waals surface area contributed by atoms with Gasteiger partial charge in [-0.3, -0.25) is 9.59 Å². The Morgan fingerprint density at radius 2 is 1.95 bits per heavy atom. The van der Waals surface area contributed by atoms with Crippen LogP contribution in [0.4, 0.5) is 10.2 Å². The van der Waals surface area contributed by atoms with Gasteiger partial charge in [-0.1, -0.05) is 17.6 Å². The molecule has 3 N–H and O–H groups in total. The van der Waals surface area contributed by atoms with Gasteiger partial charge in [-0.25, -0.2) is 14.4 Å². The molecular weight excluding hydrogens is 262 g/mol. The van der Waals surface area contributed by atoms with Gasteiger partial charge in [0, 0.05) is 12.4 Å². The standard InChI is InChI=1S/C12H10BFN4O2/c13-6-1-2-8(14)7(5-6)12(20)18-11-9(10(15)19)16-3-4-17-11/h1-5H,13H2,(H2,15,19)(H,17,18,20). The molecule has 2 amide bonds. The third-order valence-electron chi connectivity index (χ3n) is 2.53. The number of nitrogens with one attached hydrogen (secondary N) is 1. The summed E-state index contributed by atoms with van der Waals surface area (Å²) in [7, 11) is 1.73. The summed E-state index contributed by atoms with van der Waals surface area (Å²) in [6.07, 6.45) is 2.55. The fourth-order valence-electron chi connectivity index (χ4n) is 1.60. The van der Waals surface area contributed by atoms with Crippen LogP contribution in [-0.2, 0) is 0 Å². The smallest absolute Gasteiger partial charge is 0.271 e. The first-order valence-corrected chi connectivity index (χ1v) is 5.67. The lowest BCUT2D eigenvalue weighted by Gasteiger charge is -2.08. The quantitative estimate of drug-likeness (QED) is 0.716. The summed E-state index contributed by atoms with van der Waals surface area (Å²) in [6, 6.07) is 4.13. The molecule has 100 valence electrons. The Balaban J connectivity index is 2.33. The Hall–Kier alpha value is -2.77. The highest BCUT2D eigenvalue weighted by molar-refractivity contribution is 6.32. The number of nitrogens with two attached hydrogens (primary N) is 1. The highest BCUT2D eigenvalue weighted by Crippen LogP contribution is 2.11. The van der Waals surface area contributed by atoms with Crippen molar-refractivity contribution >= 4 is 30.9 Å². The average Bonchev–Trinajstić information content (AvgIpc) is 2.41. The second-order valence-corrected chi connectivity index (χ2v) is 4.06. The number of hydrogen-bond acceptors (Lipinski definition) is 4. The first-order chi connectivity index (χ1) is 9.49. The van der Waals surface area contributed by atoms with E-state index in [4.69, 9.17) is 5.73 Å². The second-order valence-electron chi connectivity index (χ2n) is 4.06. The van der Waals surface area contributed by atoms with Crippen LogP contribution in [0.3, 0.4) is 0 Å². The third-order valence-corrected chi connectivity index (χ3v) is 2.53. The average molecular weight is 272 g/mol. The van der Waals surface area contributed by atoms with Crippen LogP contribution in [0.15, 0.2) is 30.6 Å². The predicted octanol–water partition coefficient (Wildman–Crippen LogP) is -0.775. The number of nitrogens with zero attached hydrogens (tertiary/aromatic N) is 2. The summed E-state index contributed by atoms with van der Waals surface area (Å²) in [5.74, 6) is -2.34. The molecule has 1 heterocycles. The van der Waals surface area contributed by atoms with Crippen molar-refractivity contribution in [2.24, 2.45) is 5.73 Å². The minimum Gasteiger partial charge on any atom is -0.364 e. The van der Waals surface area contributed by atoms with Gasteiger partial charge in [0.1, 0.15) is 13.7 Å². The molecule has 0 fully saturated rings. The number of halogens is 1. The Labute approximate surface area is 114 Å². The summed E-state index contributed by atoms with van der Waals surface area (Å²) in [5.41, 5.74) is 5.51. The van der Waals surface area contributed by atoms with Crippen molar-refractivity contribution in [3.05, 3.63) is 47.7 Å². The third kappa shape index (κ3) is 2.79. The molecule has 0 saturated heterocycles. The largest absolute Gasteiger partial charge is 0.364 e. The summed E-state index contributed by atoms with van der Waals surface area (Å²) >= 11 is 0. The van der Waals surface area contributed by atoms with E-state index in [2.05, 4.69) is 15.3 Å². The maximum absolute atomic E-state index is 13.6. The number of rotatable bonds is 3. The van der Waals surface area contributed by atoms with E-state index in [1.54, 1.807) is 13.9 Å². The molecule has 0 atom stereocenters. The number of carbonyl (C=O) groups is 2. The molecule has 0 bridgehead atoms. The fraction of sp³-hybridized carbons (Fsp3) is 0. The normalized spacial score (nSPS) is 10.1. The summed E-state index contributed by atoms with van der Waals surface area (Å²) in [5, 5.41) is 2.32. The van der Waals surface area contributed by atoms with Crippen molar-refractivity contribution in [2.75, 3.05) is 5.32 Å². The first-order valence-electron chi connectivity index (χ1n) is 5.67. The second kappa shape index (κ2) is 5.47. The van der Waals surface area contributed by atoms with E-state index in [0.29, 0.717) is 0 Å². The van der Waals surface area contributed by atoms with Gasteiger partial charge in [-0.15, -0.1) is 0 Å². The molecule has 2 aromatic rings. The van der Waals surface area contributed by atoms with Crippen molar-refractivity contribution in [3.63, 3.8) is 0 Å². The molecule has 1 aromatic carbocycles. The predicted molar refractivity (Wildman–Crippen MR) is 73.1 cm³/mol. The topological polar surface area (TPSA) is 98.0 Å². The summed E-state index contributed by atoms with van der Waals surface area (Å²) in [4.78, 5) is 30.7. The lowest BCUT2D eigenvalue weighted by Crippen LogP contribution is -2.22. The van der Waals surface area contributed by atoms with Gasteiger partial charge in [0.05, 0.1) is 5.56 Å². The van der Waals surface area contributed by atoms with E-state index in [-0.39, 0.29) is 17.1 Å². The van der Waals surface area contributed by atoms with Crippen LogP contribution in [0.25, 0.3) is 0 Å². The molecule has 2 rings (SSSR count). The van der Waals surface area contributed by atoms with Crippen molar-refractivity contribution < 1.29 is 14.0 Å². The van der Waals surface area contributed by atoms with E-state index in [1.807, 2.05) is 0 Å². The number of primary amides is 1. The van der Waals surface area contributed by atoms with Crippen molar-refractivity contribution in [2.45, 2.75) is 0 Å². The van der Waals surface area contributed by atoms with Gasteiger partial charge in [-0.05, 0) is 6.07 Å². The van der Waals surface area contributed by atoms with Gasteiger partial charge in [0.25, 0.3) is 11.8 Å². The van der Waals surface area contributed by atoms with Crippen LogP contribution in [0.2, 0.25) is 0 Å². The minimum absolute atomic E-state index is 0.106. The maximum Gasteiger partial charge on any atom is 0.271 e. The van der Waals surface area contributed by atoms with Crippen LogP contribution in [0.5, 0.6) is 0 Å². The molecule has 20 heavy (non-hydrogen) atoms. The maximum atomic E-state index is 13.6. The Morgan fingerprint density at radius 1 is 1.25 bits per heavy atom. The number of amides is 2. The zero-order chi connectivity index (χ0) is 14.7. The summed E-state index contributed by atoms with van der Waals surface area (Å²) in [6.45, 7) is 0. The highest BCUT2D eigenvalue weighted by atomic mass is 19.1. The number of aromatic nitrogens is 2. The van der Waals surface area contributed by atoms with Crippen molar-refractivity contribution in [1.29, 1.82) is 0 Å². The SMILES string of the molecule is Bc1ccc(F)c(C(=O)Nc2nccnc2C(N)=O)c1. The molecule has 0 saturated carbocycles. The Kier molecular flexibility index (Phi) is 3.74. The van der Waals surface area contributed by atoms with Gasteiger partial charge < -0.3 is 11.1 Å². The molecule has 0 aliphatic rings. The number of anilines is 1. The molecule has 0 aliphatic carbocycles. The molecule has 6 nitrogen and oxygen atoms in total. The lowest BCUT2D eigenvalue weighted by atomic mass is 9.94. The highest BCUT2D eigenvalue weighted by Gasteiger charge is 2.17. The van der Waals surface area contributed by atoms with E-state index < -0.39 is 17.6 Å². The van der Waals surface area contributed by atoms with E-state index in [9.17, 15) is 14.0 Å². The van der Waals surface area contributed by atoms with Gasteiger partial charge in [-0.2, -0.15) is 0 Å². The molecule has 0 radical (unpaired) electrons. The molecule has 1 aromatic heterocycles. The molecule has 8 heteroatoms. The molecular formula is C12H10BFN4O2. The Morgan fingerprint density at radius 3 is 2.65 bits per heavy atom. The van der Waals surface area contributed by atoms with Gasteiger partial charge in [0.2, 0.25) is 0 Å². The van der Waals surface area contributed by atoms with Crippen LogP contribution in [0.1, 0.15) is 20.8 Å². The van der Waals surface area contributed by atoms with Crippen molar-refractivity contribution in [1.82, 2.24) is 9.97 Å².